The number of carbonyl (C=O) groups excluding carboxylic acids is 4. The molecule has 0 aromatic heterocycles. The van der Waals surface area contributed by atoms with Crippen molar-refractivity contribution in [2.24, 2.45) is 21.3 Å². The first-order valence-corrected chi connectivity index (χ1v) is 24.9. The molecule has 3 aromatic carbocycles. The minimum atomic E-state index is -0.820. The van der Waals surface area contributed by atoms with Gasteiger partial charge in [-0.15, -0.1) is 11.6 Å². The first-order valence-electron chi connectivity index (χ1n) is 23.9. The number of rotatable bonds is 18. The van der Waals surface area contributed by atoms with Crippen molar-refractivity contribution in [3.05, 3.63) is 99.2 Å². The molecular weight excluding hydrogens is 916 g/mol. The molecule has 69 heavy (non-hydrogen) atoms. The van der Waals surface area contributed by atoms with Crippen LogP contribution in [-0.2, 0) is 15.0 Å². The van der Waals surface area contributed by atoms with Crippen LogP contribution >= 0.6 is 23.2 Å². The van der Waals surface area contributed by atoms with Crippen molar-refractivity contribution < 1.29 is 28.7 Å². The fraction of sp³-hybridized carbons (Fsp3) is 0.491. The van der Waals surface area contributed by atoms with E-state index in [1.54, 1.807) is 18.5 Å². The van der Waals surface area contributed by atoms with Crippen LogP contribution in [0.15, 0.2) is 76.4 Å². The summed E-state index contributed by atoms with van der Waals surface area (Å²) >= 11 is 12.4. The lowest BCUT2D eigenvalue weighted by Crippen LogP contribution is -2.47. The lowest BCUT2D eigenvalue weighted by atomic mass is 9.73. The topological polar surface area (TPSA) is 169 Å². The number of halogens is 2. The van der Waals surface area contributed by atoms with E-state index >= 15 is 0 Å². The largest absolute Gasteiger partial charge is 0.489 e. The number of aldehydes is 2. The summed E-state index contributed by atoms with van der Waals surface area (Å²) in [4.78, 5) is 65.0. The average Bonchev–Trinajstić information content (AvgIpc) is 3.36. The number of likely N-dealkylation sites (N-methyl/N-ethyl adjacent to an activating group) is 2. The summed E-state index contributed by atoms with van der Waals surface area (Å²) in [7, 11) is 3.02. The van der Waals surface area contributed by atoms with E-state index < -0.39 is 17.4 Å². The van der Waals surface area contributed by atoms with Crippen LogP contribution in [0.1, 0.15) is 103 Å². The molecule has 2 fully saturated rings. The van der Waals surface area contributed by atoms with E-state index in [0.29, 0.717) is 41.0 Å². The van der Waals surface area contributed by atoms with E-state index in [2.05, 4.69) is 40.4 Å². The molecule has 2 N–H and O–H groups in total. The maximum Gasteiger partial charge on any atom is 0.255 e. The van der Waals surface area contributed by atoms with Crippen molar-refractivity contribution in [2.45, 2.75) is 76.7 Å². The van der Waals surface area contributed by atoms with Gasteiger partial charge in [-0.05, 0) is 129 Å². The second kappa shape index (κ2) is 25.2. The van der Waals surface area contributed by atoms with E-state index in [1.165, 1.54) is 19.0 Å². The minimum absolute atomic E-state index is 0.141. The molecular formula is C53H66Cl2N8O6. The molecule has 368 valence electrons. The maximum absolute atomic E-state index is 13.5. The van der Waals surface area contributed by atoms with E-state index in [9.17, 15) is 24.4 Å². The van der Waals surface area contributed by atoms with Crippen molar-refractivity contribution in [1.29, 1.82) is 5.26 Å². The van der Waals surface area contributed by atoms with Gasteiger partial charge in [0, 0.05) is 76.1 Å². The van der Waals surface area contributed by atoms with Crippen LogP contribution in [0.2, 0.25) is 5.02 Å². The van der Waals surface area contributed by atoms with Gasteiger partial charge in [0.15, 0.2) is 12.0 Å². The average molecular weight is 982 g/mol. The van der Waals surface area contributed by atoms with E-state index in [4.69, 9.17) is 42.7 Å². The predicted molar refractivity (Wildman–Crippen MR) is 274 cm³/mol. The normalized spacial score (nSPS) is 18.0. The van der Waals surface area contributed by atoms with Gasteiger partial charge in [0.05, 0.1) is 34.1 Å². The SMILES string of the molecule is CNC(=O)C(CCC=O)N(C)C(=O)c1ccc(N2CCC(CN3CCC4(CCN=C/C=C(/COc5ccc(C(C)(C)c6cc(Cl)c(OCCCl)c(C#N)c6)cc5)NC=NCC4)CC3)CC2)cc1C=O. The quantitative estimate of drug-likeness (QED) is 0.0945. The number of nitrogens with zero attached hydrogens (tertiary/aromatic N) is 6. The zero-order chi connectivity index (χ0) is 49.4. The highest BCUT2D eigenvalue weighted by atomic mass is 35.5. The Morgan fingerprint density at radius 3 is 2.39 bits per heavy atom. The van der Waals surface area contributed by atoms with Crippen LogP contribution in [0, 0.1) is 22.7 Å². The van der Waals surface area contributed by atoms with Crippen LogP contribution < -0.4 is 25.0 Å². The zero-order valence-corrected chi connectivity index (χ0v) is 41.9. The Bertz CT molecular complexity index is 2380. The number of likely N-dealkylation sites (tertiary alicyclic amines) is 1. The van der Waals surface area contributed by atoms with Crippen molar-refractivity contribution in [3.8, 4) is 17.6 Å². The fourth-order valence-corrected chi connectivity index (χ4v) is 9.96. The van der Waals surface area contributed by atoms with Crippen molar-refractivity contribution >= 4 is 65.8 Å². The number of ether oxygens (including phenoxy) is 2. The lowest BCUT2D eigenvalue weighted by Gasteiger charge is -2.43. The minimum Gasteiger partial charge on any atom is -0.489 e. The number of amides is 2. The predicted octanol–water partition coefficient (Wildman–Crippen LogP) is 7.88. The number of aliphatic imine (C=N–C) groups is 2. The number of benzene rings is 3. The summed E-state index contributed by atoms with van der Waals surface area (Å²) in [5.41, 5.74) is 4.32. The molecule has 3 aromatic rings. The van der Waals surface area contributed by atoms with Gasteiger partial charge in [-0.2, -0.15) is 5.26 Å². The third kappa shape index (κ3) is 13.7. The number of hydrogen-bond donors (Lipinski definition) is 2. The molecule has 3 heterocycles. The summed E-state index contributed by atoms with van der Waals surface area (Å²) in [5.74, 6) is 1.14. The second-order valence-corrected chi connectivity index (χ2v) is 19.5. The lowest BCUT2D eigenvalue weighted by molar-refractivity contribution is -0.125. The third-order valence-electron chi connectivity index (χ3n) is 14.1. The molecule has 0 radical (unpaired) electrons. The summed E-state index contributed by atoms with van der Waals surface area (Å²) in [5, 5.41) is 16.1. The van der Waals surface area contributed by atoms with Crippen molar-refractivity contribution in [3.63, 3.8) is 0 Å². The highest BCUT2D eigenvalue weighted by Gasteiger charge is 2.35. The second-order valence-electron chi connectivity index (χ2n) is 18.8. The Morgan fingerprint density at radius 1 is 1.00 bits per heavy atom. The number of nitrogens with one attached hydrogen (secondary N) is 2. The Kier molecular flexibility index (Phi) is 19.2. The van der Waals surface area contributed by atoms with E-state index in [-0.39, 0.29) is 41.9 Å². The van der Waals surface area contributed by atoms with Gasteiger partial charge in [0.25, 0.3) is 5.91 Å². The van der Waals surface area contributed by atoms with Gasteiger partial charge >= 0.3 is 0 Å². The number of anilines is 1. The molecule has 3 aliphatic heterocycles. The van der Waals surface area contributed by atoms with Crippen LogP contribution in [-0.4, -0.2) is 132 Å². The molecule has 6 rings (SSSR count). The fourth-order valence-electron chi connectivity index (χ4n) is 9.61. The maximum atomic E-state index is 13.5. The summed E-state index contributed by atoms with van der Waals surface area (Å²) in [6.07, 6.45) is 13.7. The molecule has 14 nitrogen and oxygen atoms in total. The molecule has 2 amide bonds. The molecule has 1 spiro atoms. The molecule has 0 bridgehead atoms. The molecule has 16 heteroatoms. The highest BCUT2D eigenvalue weighted by molar-refractivity contribution is 6.32. The molecule has 2 saturated heterocycles. The van der Waals surface area contributed by atoms with Gasteiger partial charge in [-0.1, -0.05) is 37.6 Å². The Labute approximate surface area is 417 Å². The van der Waals surface area contributed by atoms with Crippen LogP contribution in [0.4, 0.5) is 5.69 Å². The Balaban J connectivity index is 0.954. The molecule has 1 unspecified atom stereocenters. The smallest absolute Gasteiger partial charge is 0.255 e. The van der Waals surface area contributed by atoms with Crippen molar-refractivity contribution in [1.82, 2.24) is 20.4 Å². The van der Waals surface area contributed by atoms with Crippen LogP contribution in [0.5, 0.6) is 11.5 Å². The Morgan fingerprint density at radius 2 is 1.72 bits per heavy atom. The first-order chi connectivity index (χ1) is 33.3. The number of nitriles is 1. The van der Waals surface area contributed by atoms with Gasteiger partial charge < -0.3 is 39.6 Å². The highest BCUT2D eigenvalue weighted by Crippen LogP contribution is 2.40. The van der Waals surface area contributed by atoms with Gasteiger partial charge in [0.2, 0.25) is 5.91 Å². The van der Waals surface area contributed by atoms with Crippen LogP contribution in [0.3, 0.4) is 0 Å². The Hall–Kier alpha value is -5.75. The zero-order valence-electron chi connectivity index (χ0n) is 40.4. The van der Waals surface area contributed by atoms with E-state index in [0.717, 1.165) is 119 Å². The molecule has 3 aliphatic rings. The third-order valence-corrected chi connectivity index (χ3v) is 14.6. The summed E-state index contributed by atoms with van der Waals surface area (Å²) < 4.78 is 11.8. The van der Waals surface area contributed by atoms with Crippen LogP contribution in [0.25, 0.3) is 0 Å². The van der Waals surface area contributed by atoms with Gasteiger partial charge in [-0.25, -0.2) is 0 Å². The summed E-state index contributed by atoms with van der Waals surface area (Å²) in [6.45, 7) is 11.2. The summed E-state index contributed by atoms with van der Waals surface area (Å²) in [6, 6.07) is 18.3. The molecule has 1 atom stereocenters. The first kappa shape index (κ1) is 52.6. The monoisotopic (exact) mass is 980 g/mol. The van der Waals surface area contributed by atoms with Gasteiger partial charge in [0.1, 0.15) is 37.4 Å². The van der Waals surface area contributed by atoms with Crippen molar-refractivity contribution in [2.75, 3.05) is 83.9 Å². The number of allylic oxidation sites excluding steroid dienone is 1. The van der Waals surface area contributed by atoms with E-state index in [1.807, 2.05) is 54.8 Å². The number of piperidine rings is 2. The molecule has 0 saturated carbocycles. The number of hydrogen-bond acceptors (Lipinski definition) is 12. The standard InChI is InChI=1S/C53H66Cl2N8O6/c1-52(2,42-30-39(33-56)49(47(55)32-42)68-29-20-54)41-7-10-45(11-8-41)69-36-43-13-21-58-22-16-53(17-23-59-37-60-43)18-26-62(27-19-53)34-38-14-24-63(25-15-38)44-9-12-46(40(31-44)35-65)51(67)61(4)48(6-5-28-64)50(66)57-3/h7-13,21,28,30-32,35,37-38,48H,5-6,14-20,22-27,29,34,36H2,1-4H3,(H,57,66)(H,59,60)/b43-13-,58-21?. The number of alkyl halides is 1. The number of carbonyl (C=O) groups is 4. The molecule has 0 aliphatic carbocycles. The van der Waals surface area contributed by atoms with Gasteiger partial charge in [-0.3, -0.25) is 24.4 Å².